The zero-order valence-electron chi connectivity index (χ0n) is 13.1. The van der Waals surface area contributed by atoms with Gasteiger partial charge in [-0.3, -0.25) is 19.5 Å². The monoisotopic (exact) mass is 361 g/mol. The number of rotatable bonds is 7. The van der Waals surface area contributed by atoms with Gasteiger partial charge in [-0.2, -0.15) is 0 Å². The predicted molar refractivity (Wildman–Crippen MR) is 92.6 cm³/mol. The third-order valence-electron chi connectivity index (χ3n) is 3.56. The maximum absolute atomic E-state index is 12.4. The van der Waals surface area contributed by atoms with Crippen molar-refractivity contribution < 1.29 is 14.8 Å². The number of nitrogens with zero attached hydrogens (tertiary/aromatic N) is 3. The molecule has 2 aromatic heterocycles. The van der Waals surface area contributed by atoms with Crippen molar-refractivity contribution in [2.45, 2.75) is 19.3 Å². The van der Waals surface area contributed by atoms with Gasteiger partial charge in [-0.25, -0.2) is 4.98 Å². The highest BCUT2D eigenvalue weighted by Crippen LogP contribution is 2.16. The Hall–Kier alpha value is -2.62. The molecule has 0 aliphatic heterocycles. The first kappa shape index (κ1) is 17.2. The van der Waals surface area contributed by atoms with E-state index in [1.807, 2.05) is 17.5 Å². The van der Waals surface area contributed by atoms with E-state index < -0.39 is 16.6 Å². The summed E-state index contributed by atoms with van der Waals surface area (Å²) in [6, 6.07) is 7.77. The average molecular weight is 361 g/mol. The molecule has 0 saturated heterocycles. The molecule has 0 saturated carbocycles. The van der Waals surface area contributed by atoms with E-state index in [1.54, 1.807) is 11.3 Å². The van der Waals surface area contributed by atoms with Crippen LogP contribution in [0.3, 0.4) is 0 Å². The number of aliphatic hydroxyl groups excluding tert-OH is 1. The van der Waals surface area contributed by atoms with Gasteiger partial charge in [0.15, 0.2) is 0 Å². The van der Waals surface area contributed by atoms with Crippen LogP contribution in [0.15, 0.2) is 46.8 Å². The van der Waals surface area contributed by atoms with Gasteiger partial charge in [-0.1, -0.05) is 6.07 Å². The molecular formula is C16H15N3O5S. The second kappa shape index (κ2) is 7.51. The van der Waals surface area contributed by atoms with Crippen LogP contribution in [0.2, 0.25) is 0 Å². The molecule has 9 heteroatoms. The van der Waals surface area contributed by atoms with E-state index in [2.05, 4.69) is 4.98 Å². The fourth-order valence-corrected chi connectivity index (χ4v) is 3.00. The molecule has 1 N–H and O–H groups in total. The van der Waals surface area contributed by atoms with Gasteiger partial charge in [-0.05, 0) is 17.5 Å². The highest BCUT2D eigenvalue weighted by Gasteiger charge is 2.13. The smallest absolute Gasteiger partial charge is 0.270 e. The summed E-state index contributed by atoms with van der Waals surface area (Å²) in [6.45, 7) is 0.456. The first-order chi connectivity index (χ1) is 12.0. The van der Waals surface area contributed by atoms with Crippen molar-refractivity contribution >= 4 is 27.9 Å². The lowest BCUT2D eigenvalue weighted by Crippen LogP contribution is -2.29. The van der Waals surface area contributed by atoms with Crippen LogP contribution in [0.4, 0.5) is 5.69 Å². The Labute approximate surface area is 146 Å². The molecular weight excluding hydrogens is 346 g/mol. The number of non-ortho nitro benzene ring substituents is 1. The molecule has 1 aromatic carbocycles. The Kier molecular flexibility index (Phi) is 5.17. The molecule has 0 spiro atoms. The van der Waals surface area contributed by atoms with E-state index in [0.717, 1.165) is 4.88 Å². The first-order valence-corrected chi connectivity index (χ1v) is 8.34. The molecule has 0 bridgehead atoms. The van der Waals surface area contributed by atoms with Gasteiger partial charge in [0.05, 0.1) is 48.0 Å². The summed E-state index contributed by atoms with van der Waals surface area (Å²) in [5.74, 6) is 0. The largest absolute Gasteiger partial charge is 0.389 e. The topological polar surface area (TPSA) is 107 Å². The van der Waals surface area contributed by atoms with Crippen LogP contribution in [-0.2, 0) is 17.9 Å². The number of hydrogen-bond donors (Lipinski definition) is 1. The lowest BCUT2D eigenvalue weighted by molar-refractivity contribution is -0.384. The van der Waals surface area contributed by atoms with Gasteiger partial charge in [-0.15, -0.1) is 11.3 Å². The van der Waals surface area contributed by atoms with E-state index in [4.69, 9.17) is 4.74 Å². The average Bonchev–Trinajstić information content (AvgIpc) is 3.10. The van der Waals surface area contributed by atoms with Gasteiger partial charge in [0, 0.05) is 17.0 Å². The highest BCUT2D eigenvalue weighted by molar-refractivity contribution is 7.09. The van der Waals surface area contributed by atoms with Gasteiger partial charge >= 0.3 is 0 Å². The van der Waals surface area contributed by atoms with Crippen LogP contribution in [0.25, 0.3) is 10.9 Å². The lowest BCUT2D eigenvalue weighted by atomic mass is 10.2. The third kappa shape index (κ3) is 4.08. The molecule has 0 aliphatic rings. The van der Waals surface area contributed by atoms with Crippen molar-refractivity contribution in [3.05, 3.63) is 67.4 Å². The predicted octanol–water partition coefficient (Wildman–Crippen LogP) is 1.94. The third-order valence-corrected chi connectivity index (χ3v) is 4.41. The summed E-state index contributed by atoms with van der Waals surface area (Å²) in [4.78, 5) is 27.9. The van der Waals surface area contributed by atoms with Crippen molar-refractivity contribution in [1.82, 2.24) is 9.55 Å². The molecule has 25 heavy (non-hydrogen) atoms. The van der Waals surface area contributed by atoms with Crippen LogP contribution in [-0.4, -0.2) is 32.3 Å². The number of thiophene rings is 1. The number of ether oxygens (including phenoxy) is 1. The van der Waals surface area contributed by atoms with E-state index in [9.17, 15) is 20.0 Å². The summed E-state index contributed by atoms with van der Waals surface area (Å²) >= 11 is 1.56. The summed E-state index contributed by atoms with van der Waals surface area (Å²) in [7, 11) is 0. The summed E-state index contributed by atoms with van der Waals surface area (Å²) in [5, 5.41) is 23.0. The number of aliphatic hydroxyl groups is 1. The molecule has 0 fully saturated rings. The zero-order valence-corrected chi connectivity index (χ0v) is 13.9. The second-order valence-electron chi connectivity index (χ2n) is 5.41. The molecule has 130 valence electrons. The zero-order chi connectivity index (χ0) is 17.8. The summed E-state index contributed by atoms with van der Waals surface area (Å²) in [5.41, 5.74) is -0.245. The number of hydrogen-bond acceptors (Lipinski definition) is 7. The van der Waals surface area contributed by atoms with Gasteiger partial charge in [0.1, 0.15) is 0 Å². The molecule has 0 unspecified atom stereocenters. The molecule has 3 aromatic rings. The number of nitro groups is 1. The van der Waals surface area contributed by atoms with Crippen LogP contribution in [0, 0.1) is 10.1 Å². The van der Waals surface area contributed by atoms with Crippen molar-refractivity contribution in [2.75, 3.05) is 6.61 Å². The van der Waals surface area contributed by atoms with Crippen molar-refractivity contribution in [3.8, 4) is 0 Å². The SMILES string of the molecule is O=c1c2cc([N+](=O)[O-])ccc2ncn1C[C@H](O)COCc1cccs1. The quantitative estimate of drug-likeness (QED) is 0.509. The minimum absolute atomic E-state index is 0.00505. The Morgan fingerprint density at radius 2 is 2.24 bits per heavy atom. The van der Waals surface area contributed by atoms with Gasteiger partial charge in [0.25, 0.3) is 11.2 Å². The van der Waals surface area contributed by atoms with Gasteiger partial charge in [0.2, 0.25) is 0 Å². The molecule has 0 amide bonds. The van der Waals surface area contributed by atoms with Crippen LogP contribution < -0.4 is 5.56 Å². The highest BCUT2D eigenvalue weighted by atomic mass is 32.1. The standard InChI is InChI=1S/C16H15N3O5S/c20-12(8-24-9-13-2-1-5-25-13)7-18-10-17-15-4-3-11(19(22)23)6-14(15)16(18)21/h1-6,10,12,20H,7-9H2/t12-/m0/s1. The Bertz CT molecular complexity index is 939. The Balaban J connectivity index is 1.71. The van der Waals surface area contributed by atoms with Crippen molar-refractivity contribution in [1.29, 1.82) is 0 Å². The Morgan fingerprint density at radius 1 is 1.40 bits per heavy atom. The number of aromatic nitrogens is 2. The lowest BCUT2D eigenvalue weighted by Gasteiger charge is -2.13. The molecule has 8 nitrogen and oxygen atoms in total. The van der Waals surface area contributed by atoms with Crippen LogP contribution >= 0.6 is 11.3 Å². The van der Waals surface area contributed by atoms with Crippen LogP contribution in [0.5, 0.6) is 0 Å². The maximum atomic E-state index is 12.4. The number of fused-ring (bicyclic) bond motifs is 1. The minimum Gasteiger partial charge on any atom is -0.389 e. The van der Waals surface area contributed by atoms with E-state index in [0.29, 0.717) is 12.1 Å². The number of benzene rings is 1. The molecule has 0 radical (unpaired) electrons. The Morgan fingerprint density at radius 3 is 2.96 bits per heavy atom. The van der Waals surface area contributed by atoms with Crippen molar-refractivity contribution in [2.24, 2.45) is 0 Å². The molecule has 2 heterocycles. The maximum Gasteiger partial charge on any atom is 0.270 e. The number of nitro benzene ring substituents is 1. The second-order valence-corrected chi connectivity index (χ2v) is 6.44. The van der Waals surface area contributed by atoms with E-state index in [1.165, 1.54) is 29.1 Å². The fraction of sp³-hybridized carbons (Fsp3) is 0.250. The molecule has 0 aliphatic carbocycles. The van der Waals surface area contributed by atoms with E-state index in [-0.39, 0.29) is 24.2 Å². The summed E-state index contributed by atoms with van der Waals surface area (Å²) < 4.78 is 6.65. The van der Waals surface area contributed by atoms with Crippen molar-refractivity contribution in [3.63, 3.8) is 0 Å². The molecule has 1 atom stereocenters. The minimum atomic E-state index is -0.893. The van der Waals surface area contributed by atoms with Gasteiger partial charge < -0.3 is 9.84 Å². The normalized spacial score (nSPS) is 12.4. The molecule has 3 rings (SSSR count). The first-order valence-electron chi connectivity index (χ1n) is 7.46. The van der Waals surface area contributed by atoms with Crippen LogP contribution in [0.1, 0.15) is 4.88 Å². The summed E-state index contributed by atoms with van der Waals surface area (Å²) in [6.07, 6.45) is 0.425. The fourth-order valence-electron chi connectivity index (χ4n) is 2.36. The van der Waals surface area contributed by atoms with E-state index >= 15 is 0 Å².